The number of hydrogen-bond donors (Lipinski definition) is 0. The quantitative estimate of drug-likeness (QED) is 0.616. The summed E-state index contributed by atoms with van der Waals surface area (Å²) in [6.45, 7) is 1.51. The van der Waals surface area contributed by atoms with Gasteiger partial charge in [0.15, 0.2) is 9.84 Å². The molecule has 0 rings (SSSR count). The average molecular weight is 279 g/mol. The molecule has 1 amide bonds. The smallest absolute Gasteiger partial charge is 0.309 e. The predicted molar refractivity (Wildman–Crippen MR) is 67.8 cm³/mol. The van der Waals surface area contributed by atoms with E-state index < -0.39 is 21.7 Å². The highest BCUT2D eigenvalue weighted by molar-refractivity contribution is 7.91. The average Bonchev–Trinajstić information content (AvgIpc) is 2.26. The minimum Gasteiger partial charge on any atom is -0.469 e. The zero-order chi connectivity index (χ0) is 14.3. The lowest BCUT2D eigenvalue weighted by atomic mass is 10.2. The van der Waals surface area contributed by atoms with E-state index in [0.717, 1.165) is 0 Å². The maximum Gasteiger partial charge on any atom is 0.309 e. The van der Waals surface area contributed by atoms with Crippen molar-refractivity contribution in [2.75, 3.05) is 32.7 Å². The lowest BCUT2D eigenvalue weighted by Gasteiger charge is -2.11. The minimum absolute atomic E-state index is 0.0894. The summed E-state index contributed by atoms with van der Waals surface area (Å²) >= 11 is 0. The van der Waals surface area contributed by atoms with E-state index in [-0.39, 0.29) is 30.3 Å². The fourth-order valence-electron chi connectivity index (χ4n) is 1.40. The van der Waals surface area contributed by atoms with Crippen LogP contribution in [0.2, 0.25) is 0 Å². The molecule has 0 aliphatic carbocycles. The third-order valence-corrected chi connectivity index (χ3v) is 4.37. The molecule has 0 aliphatic rings. The van der Waals surface area contributed by atoms with Gasteiger partial charge < -0.3 is 9.64 Å². The summed E-state index contributed by atoms with van der Waals surface area (Å²) < 4.78 is 27.8. The van der Waals surface area contributed by atoms with E-state index in [1.54, 1.807) is 14.1 Å². The third kappa shape index (κ3) is 6.58. The van der Waals surface area contributed by atoms with Crippen LogP contribution < -0.4 is 0 Å². The van der Waals surface area contributed by atoms with Gasteiger partial charge in [-0.25, -0.2) is 8.42 Å². The Hall–Kier alpha value is -1.11. The second kappa shape index (κ2) is 7.35. The standard InChI is InChI=1S/C11H21NO5S/c1-9(11(14)17-4)8-18(15,16)7-5-6-10(13)12(2)3/h9H,5-8H2,1-4H3. The van der Waals surface area contributed by atoms with E-state index in [2.05, 4.69) is 4.74 Å². The minimum atomic E-state index is -3.33. The number of amides is 1. The Balaban J connectivity index is 4.17. The predicted octanol–water partition coefficient (Wildman–Crippen LogP) is 0.0787. The molecule has 0 aromatic carbocycles. The fraction of sp³-hybridized carbons (Fsp3) is 0.818. The van der Waals surface area contributed by atoms with Crippen LogP contribution >= 0.6 is 0 Å². The van der Waals surface area contributed by atoms with Crippen molar-refractivity contribution in [1.29, 1.82) is 0 Å². The molecule has 7 heteroatoms. The van der Waals surface area contributed by atoms with E-state index >= 15 is 0 Å². The van der Waals surface area contributed by atoms with Gasteiger partial charge in [0, 0.05) is 20.5 Å². The van der Waals surface area contributed by atoms with Gasteiger partial charge in [-0.05, 0) is 6.42 Å². The van der Waals surface area contributed by atoms with Gasteiger partial charge in [0.25, 0.3) is 0 Å². The third-order valence-electron chi connectivity index (χ3n) is 2.45. The van der Waals surface area contributed by atoms with Crippen LogP contribution in [-0.2, 0) is 24.2 Å². The van der Waals surface area contributed by atoms with Gasteiger partial charge >= 0.3 is 5.97 Å². The van der Waals surface area contributed by atoms with Crippen LogP contribution in [0.15, 0.2) is 0 Å². The van der Waals surface area contributed by atoms with Gasteiger partial charge in [-0.15, -0.1) is 0 Å². The number of nitrogens with zero attached hydrogens (tertiary/aromatic N) is 1. The molecule has 1 atom stereocenters. The van der Waals surface area contributed by atoms with Gasteiger partial charge in [-0.1, -0.05) is 6.92 Å². The van der Waals surface area contributed by atoms with E-state index in [0.29, 0.717) is 0 Å². The fourth-order valence-corrected chi connectivity index (χ4v) is 3.05. The molecule has 0 N–H and O–H groups in total. The maximum atomic E-state index is 11.7. The van der Waals surface area contributed by atoms with Crippen molar-refractivity contribution < 1.29 is 22.7 Å². The molecule has 1 unspecified atom stereocenters. The first-order valence-electron chi connectivity index (χ1n) is 5.68. The summed E-state index contributed by atoms with van der Waals surface area (Å²) in [7, 11) is 1.14. The Labute approximate surface area is 108 Å². The SMILES string of the molecule is COC(=O)C(C)CS(=O)(=O)CCCC(=O)N(C)C. The van der Waals surface area contributed by atoms with E-state index in [1.165, 1.54) is 18.9 Å². The number of ether oxygens (including phenoxy) is 1. The largest absolute Gasteiger partial charge is 0.469 e. The molecule has 106 valence electrons. The molecule has 0 aromatic heterocycles. The van der Waals surface area contributed by atoms with Crippen molar-refractivity contribution in [3.05, 3.63) is 0 Å². The summed E-state index contributed by atoms with van der Waals surface area (Å²) in [5.41, 5.74) is 0. The van der Waals surface area contributed by atoms with Crippen molar-refractivity contribution in [1.82, 2.24) is 4.90 Å². The van der Waals surface area contributed by atoms with Crippen molar-refractivity contribution >= 4 is 21.7 Å². The van der Waals surface area contributed by atoms with Crippen LogP contribution in [0, 0.1) is 5.92 Å². The molecule has 0 saturated carbocycles. The molecule has 6 nitrogen and oxygen atoms in total. The Morgan fingerprint density at radius 1 is 1.28 bits per heavy atom. The molecule has 0 bridgehead atoms. The first-order chi connectivity index (χ1) is 8.19. The molecular formula is C11H21NO5S. The van der Waals surface area contributed by atoms with Crippen molar-refractivity contribution in [3.8, 4) is 0 Å². The summed E-state index contributed by atoms with van der Waals surface area (Å²) in [6.07, 6.45) is 0.464. The van der Waals surface area contributed by atoms with Crippen LogP contribution in [0.25, 0.3) is 0 Å². The van der Waals surface area contributed by atoms with Gasteiger partial charge in [0.1, 0.15) is 0 Å². The van der Waals surface area contributed by atoms with Crippen LogP contribution in [0.1, 0.15) is 19.8 Å². The molecule has 0 fully saturated rings. The van der Waals surface area contributed by atoms with E-state index in [4.69, 9.17) is 0 Å². The maximum absolute atomic E-state index is 11.7. The Morgan fingerprint density at radius 2 is 1.83 bits per heavy atom. The van der Waals surface area contributed by atoms with E-state index in [1.807, 2.05) is 0 Å². The van der Waals surface area contributed by atoms with Gasteiger partial charge in [0.2, 0.25) is 5.91 Å². The Bertz CT molecular complexity index is 388. The Kier molecular flexibility index (Phi) is 6.90. The summed E-state index contributed by atoms with van der Waals surface area (Å²) in [5, 5.41) is 0. The number of rotatable bonds is 7. The van der Waals surface area contributed by atoms with Crippen LogP contribution in [0.5, 0.6) is 0 Å². The topological polar surface area (TPSA) is 80.8 Å². The van der Waals surface area contributed by atoms with Crippen molar-refractivity contribution in [2.24, 2.45) is 5.92 Å². The summed E-state index contributed by atoms with van der Waals surface area (Å²) in [5.74, 6) is -1.65. The Morgan fingerprint density at radius 3 is 2.28 bits per heavy atom. The normalized spacial score (nSPS) is 12.9. The van der Waals surface area contributed by atoms with E-state index in [9.17, 15) is 18.0 Å². The number of methoxy groups -OCH3 is 1. The molecule has 0 radical (unpaired) electrons. The number of hydrogen-bond acceptors (Lipinski definition) is 5. The van der Waals surface area contributed by atoms with Gasteiger partial charge in [-0.2, -0.15) is 0 Å². The second-order valence-electron chi connectivity index (χ2n) is 4.43. The molecule has 0 spiro atoms. The molecule has 0 saturated heterocycles. The zero-order valence-electron chi connectivity index (χ0n) is 11.3. The zero-order valence-corrected chi connectivity index (χ0v) is 12.1. The lowest BCUT2D eigenvalue weighted by Crippen LogP contribution is -2.25. The van der Waals surface area contributed by atoms with Crippen molar-refractivity contribution in [3.63, 3.8) is 0 Å². The first-order valence-corrected chi connectivity index (χ1v) is 7.50. The number of carbonyl (C=O) groups excluding carboxylic acids is 2. The lowest BCUT2D eigenvalue weighted by molar-refractivity contribution is -0.144. The number of esters is 1. The number of carbonyl (C=O) groups is 2. The van der Waals surface area contributed by atoms with Gasteiger partial charge in [0.05, 0.1) is 24.5 Å². The van der Waals surface area contributed by atoms with Crippen LogP contribution in [0.3, 0.4) is 0 Å². The van der Waals surface area contributed by atoms with Crippen LogP contribution in [0.4, 0.5) is 0 Å². The highest BCUT2D eigenvalue weighted by atomic mass is 32.2. The molecule has 0 aromatic rings. The second-order valence-corrected chi connectivity index (χ2v) is 6.66. The van der Waals surface area contributed by atoms with Crippen molar-refractivity contribution in [2.45, 2.75) is 19.8 Å². The monoisotopic (exact) mass is 279 g/mol. The summed E-state index contributed by atoms with van der Waals surface area (Å²) in [6, 6.07) is 0. The first kappa shape index (κ1) is 16.9. The van der Waals surface area contributed by atoms with Gasteiger partial charge in [-0.3, -0.25) is 9.59 Å². The highest BCUT2D eigenvalue weighted by Crippen LogP contribution is 2.07. The van der Waals surface area contributed by atoms with Crippen LogP contribution in [-0.4, -0.2) is 57.9 Å². The molecule has 0 aliphatic heterocycles. The summed E-state index contributed by atoms with van der Waals surface area (Å²) in [4.78, 5) is 23.8. The molecular weight excluding hydrogens is 258 g/mol. The number of sulfone groups is 1. The molecule has 0 heterocycles. The molecule has 18 heavy (non-hydrogen) atoms. The highest BCUT2D eigenvalue weighted by Gasteiger charge is 2.22.